The number of nitrogens with two attached hydrogens (primary N) is 1. The summed E-state index contributed by atoms with van der Waals surface area (Å²) in [5.41, 5.74) is 8.65. The summed E-state index contributed by atoms with van der Waals surface area (Å²) in [5, 5.41) is 3.65. The van der Waals surface area contributed by atoms with E-state index >= 15 is 0 Å². The molecule has 13 heteroatoms. The van der Waals surface area contributed by atoms with Gasteiger partial charge in [0.15, 0.2) is 11.6 Å². The van der Waals surface area contributed by atoms with Crippen LogP contribution in [0.1, 0.15) is 77.6 Å². The lowest BCUT2D eigenvalue weighted by Crippen LogP contribution is -2.50. The van der Waals surface area contributed by atoms with Crippen LogP contribution in [0.15, 0.2) is 0 Å². The molecule has 2 amide bonds. The molecule has 2 aromatic heterocycles. The Morgan fingerprint density at radius 2 is 1.20 bits per heavy atom. The fraction of sp³-hybridized carbons (Fsp3) is 0.688. The van der Waals surface area contributed by atoms with E-state index in [0.717, 1.165) is 34.7 Å². The van der Waals surface area contributed by atoms with Crippen LogP contribution in [0.25, 0.3) is 0 Å². The number of aromatic nitrogens is 4. The molecule has 0 saturated heterocycles. The van der Waals surface area contributed by atoms with Crippen molar-refractivity contribution in [2.45, 2.75) is 104 Å². The lowest BCUT2D eigenvalue weighted by Gasteiger charge is -2.38. The number of anilines is 5. The molecule has 2 aliphatic carbocycles. The van der Waals surface area contributed by atoms with Crippen LogP contribution >= 0.6 is 11.6 Å². The van der Waals surface area contributed by atoms with Gasteiger partial charge in [-0.25, -0.2) is 9.97 Å². The highest BCUT2D eigenvalue weighted by Crippen LogP contribution is 2.38. The normalized spacial score (nSPS) is 26.8. The van der Waals surface area contributed by atoms with Gasteiger partial charge in [-0.2, -0.15) is 9.97 Å². The average Bonchev–Trinajstić information content (AvgIpc) is 2.96. The van der Waals surface area contributed by atoms with Crippen LogP contribution in [0, 0.1) is 25.7 Å². The number of likely N-dealkylation sites (N-methyl/N-ethyl adjacent to an activating group) is 4. The Morgan fingerprint density at radius 1 is 0.756 bits per heavy atom. The number of carbonyl (C=O) groups is 2. The first-order valence-corrected chi connectivity index (χ1v) is 16.5. The zero-order valence-electron chi connectivity index (χ0n) is 28.6. The predicted octanol–water partition coefficient (Wildman–Crippen LogP) is 4.56. The van der Waals surface area contributed by atoms with Gasteiger partial charge in [0, 0.05) is 40.3 Å². The van der Waals surface area contributed by atoms with Crippen LogP contribution in [0.4, 0.5) is 29.0 Å². The number of nitrogens with one attached hydrogen (secondary N) is 1. The van der Waals surface area contributed by atoms with Crippen molar-refractivity contribution in [2.75, 3.05) is 53.1 Å². The summed E-state index contributed by atoms with van der Waals surface area (Å²) in [4.78, 5) is 48.7. The van der Waals surface area contributed by atoms with E-state index in [1.54, 1.807) is 23.9 Å². The van der Waals surface area contributed by atoms with Crippen LogP contribution < -0.4 is 30.7 Å². The lowest BCUT2D eigenvalue weighted by molar-refractivity contribution is -0.120. The van der Waals surface area contributed by atoms with E-state index in [9.17, 15) is 9.59 Å². The van der Waals surface area contributed by atoms with E-state index in [0.29, 0.717) is 29.5 Å². The quantitative estimate of drug-likeness (QED) is 0.457. The number of rotatable bonds is 4. The molecule has 0 spiro atoms. The largest absolute Gasteiger partial charge is 0.351 e. The Labute approximate surface area is 273 Å². The first-order valence-electron chi connectivity index (χ1n) is 16.1. The Bertz CT molecular complexity index is 1390. The smallest absolute Gasteiger partial charge is 0.249 e. The van der Waals surface area contributed by atoms with Crippen molar-refractivity contribution >= 4 is 52.4 Å². The monoisotopic (exact) mass is 642 g/mol. The highest BCUT2D eigenvalue weighted by Gasteiger charge is 2.36. The van der Waals surface area contributed by atoms with E-state index < -0.39 is 0 Å². The van der Waals surface area contributed by atoms with Gasteiger partial charge in [-0.1, -0.05) is 26.7 Å². The molecule has 45 heavy (non-hydrogen) atoms. The number of fused-ring (bicyclic) bond motifs is 2. The lowest BCUT2D eigenvalue weighted by atomic mass is 9.79. The standard InChI is InChI=1S/C16H25N5O.C10H13ClN4O.C6H13N/c1-6-11-7-12(8-11)18-16-17-9(2)13-14(19-16)20(4)10(3)15(22)21(13)5;1-5-7-8(13-10(11)12-5)14(3)6(2)9(16)15(7)4;1-2-5-3-6(7)4-5/h10-12H,6-8H2,1-5H3,(H,17,18,19);6H,1-4H3;5-6H,2-4,7H2,1H3/t10-,11?,12?;6-;/m00./s1. The van der Waals surface area contributed by atoms with Gasteiger partial charge in [-0.05, 0) is 76.8 Å². The molecule has 4 aliphatic rings. The van der Waals surface area contributed by atoms with Crippen molar-refractivity contribution in [3.8, 4) is 0 Å². The maximum absolute atomic E-state index is 12.3. The second-order valence-corrected chi connectivity index (χ2v) is 13.4. The first-order chi connectivity index (χ1) is 21.2. The van der Waals surface area contributed by atoms with Gasteiger partial charge in [-0.15, -0.1) is 0 Å². The third-order valence-corrected chi connectivity index (χ3v) is 10.1. The van der Waals surface area contributed by atoms with E-state index in [4.69, 9.17) is 17.3 Å². The molecule has 2 atom stereocenters. The summed E-state index contributed by atoms with van der Waals surface area (Å²) in [6, 6.07) is 0.591. The summed E-state index contributed by atoms with van der Waals surface area (Å²) >= 11 is 5.83. The van der Waals surface area contributed by atoms with Crippen molar-refractivity contribution in [2.24, 2.45) is 17.6 Å². The summed E-state index contributed by atoms with van der Waals surface area (Å²) in [7, 11) is 7.28. The fourth-order valence-electron chi connectivity index (χ4n) is 6.38. The molecule has 4 heterocycles. The molecular formula is C32H51ClN10O2. The summed E-state index contributed by atoms with van der Waals surface area (Å²) in [6.45, 7) is 12.0. The average molecular weight is 643 g/mol. The van der Waals surface area contributed by atoms with Crippen LogP contribution in [0.3, 0.4) is 0 Å². The minimum Gasteiger partial charge on any atom is -0.351 e. The number of carbonyl (C=O) groups excluding carboxylic acids is 2. The third kappa shape index (κ3) is 7.11. The molecule has 2 aromatic rings. The van der Waals surface area contributed by atoms with Crippen LogP contribution in [0.2, 0.25) is 5.28 Å². The van der Waals surface area contributed by atoms with Gasteiger partial charge < -0.3 is 30.7 Å². The topological polar surface area (TPSA) is 137 Å². The summed E-state index contributed by atoms with van der Waals surface area (Å²) < 4.78 is 0. The minimum absolute atomic E-state index is 0.0315. The molecule has 2 aliphatic heterocycles. The number of hydrogen-bond donors (Lipinski definition) is 2. The molecule has 0 radical (unpaired) electrons. The van der Waals surface area contributed by atoms with Crippen LogP contribution in [-0.4, -0.2) is 84.1 Å². The number of amides is 2. The number of halogens is 1. The van der Waals surface area contributed by atoms with Crippen molar-refractivity contribution in [3.05, 3.63) is 16.7 Å². The maximum atomic E-state index is 12.3. The minimum atomic E-state index is -0.233. The van der Waals surface area contributed by atoms with Gasteiger partial charge in [0.1, 0.15) is 23.5 Å². The number of hydrogen-bond acceptors (Lipinski definition) is 10. The Morgan fingerprint density at radius 3 is 1.64 bits per heavy atom. The SMILES string of the molecule is CCC1CC(N)C1.CCC1CC(Nc2nc(C)c3c(n2)N(C)[C@@H](C)C(=O)N3C)C1.Cc1nc(Cl)nc2c1N(C)C(=O)[C@H](C)N2C. The fourth-order valence-corrected chi connectivity index (χ4v) is 6.59. The highest BCUT2D eigenvalue weighted by molar-refractivity contribution is 6.28. The van der Waals surface area contributed by atoms with Gasteiger partial charge in [0.05, 0.1) is 11.4 Å². The van der Waals surface area contributed by atoms with Crippen LogP contribution in [-0.2, 0) is 9.59 Å². The van der Waals surface area contributed by atoms with E-state index in [1.165, 1.54) is 38.5 Å². The molecule has 3 N–H and O–H groups in total. The van der Waals surface area contributed by atoms with Crippen molar-refractivity contribution in [1.29, 1.82) is 0 Å². The summed E-state index contributed by atoms with van der Waals surface area (Å²) in [6.07, 6.45) is 7.51. The molecule has 2 fully saturated rings. The second kappa shape index (κ2) is 14.0. The van der Waals surface area contributed by atoms with E-state index in [2.05, 4.69) is 39.1 Å². The zero-order valence-corrected chi connectivity index (χ0v) is 29.3. The molecule has 0 aromatic carbocycles. The molecule has 12 nitrogen and oxygen atoms in total. The summed E-state index contributed by atoms with van der Waals surface area (Å²) in [5.74, 6) is 4.12. The Balaban J connectivity index is 0.000000174. The molecule has 248 valence electrons. The van der Waals surface area contributed by atoms with Gasteiger partial charge in [-0.3, -0.25) is 9.59 Å². The maximum Gasteiger partial charge on any atom is 0.249 e. The van der Waals surface area contributed by atoms with Gasteiger partial charge >= 0.3 is 0 Å². The molecule has 6 rings (SSSR count). The van der Waals surface area contributed by atoms with Crippen molar-refractivity contribution < 1.29 is 9.59 Å². The molecule has 0 bridgehead atoms. The third-order valence-electron chi connectivity index (χ3n) is 9.93. The van der Waals surface area contributed by atoms with Gasteiger partial charge in [0.25, 0.3) is 0 Å². The van der Waals surface area contributed by atoms with E-state index in [-0.39, 0.29) is 29.2 Å². The van der Waals surface area contributed by atoms with E-state index in [1.807, 2.05) is 51.6 Å². The zero-order chi connectivity index (χ0) is 33.3. The van der Waals surface area contributed by atoms with Gasteiger partial charge in [0.2, 0.25) is 23.0 Å². The Hall–Kier alpha value is -3.25. The predicted molar refractivity (Wildman–Crippen MR) is 183 cm³/mol. The first kappa shape index (κ1) is 34.6. The number of aryl methyl sites for hydroxylation is 2. The van der Waals surface area contributed by atoms with Crippen molar-refractivity contribution in [3.63, 3.8) is 0 Å². The second-order valence-electron chi connectivity index (χ2n) is 13.0. The van der Waals surface area contributed by atoms with Crippen molar-refractivity contribution in [1.82, 2.24) is 19.9 Å². The number of nitrogens with zero attached hydrogens (tertiary/aromatic N) is 8. The van der Waals surface area contributed by atoms with Crippen LogP contribution in [0.5, 0.6) is 0 Å². The Kier molecular flexibility index (Phi) is 10.8. The molecule has 2 saturated carbocycles. The molecular weight excluding hydrogens is 592 g/mol. The molecule has 0 unspecified atom stereocenters. The highest BCUT2D eigenvalue weighted by atomic mass is 35.5.